The molecule has 0 spiro atoms. The number of carbonyl (C=O) groups excluding carboxylic acids is 1. The van der Waals surface area contributed by atoms with E-state index in [1.54, 1.807) is 42.9 Å². The molecule has 0 saturated heterocycles. The number of benzene rings is 2. The van der Waals surface area contributed by atoms with Gasteiger partial charge in [-0.25, -0.2) is 19.7 Å². The van der Waals surface area contributed by atoms with Crippen LogP contribution in [-0.2, 0) is 0 Å². The molecule has 6 rings (SSSR count). The molecule has 2 aromatic carbocycles. The van der Waals surface area contributed by atoms with Gasteiger partial charge in [0.15, 0.2) is 0 Å². The average molecular weight is 494 g/mol. The summed E-state index contributed by atoms with van der Waals surface area (Å²) in [6, 6.07) is 13.0. The Morgan fingerprint density at radius 1 is 0.946 bits per heavy atom. The fourth-order valence-corrected chi connectivity index (χ4v) is 3.79. The van der Waals surface area contributed by atoms with Gasteiger partial charge in [0.05, 0.1) is 11.0 Å². The van der Waals surface area contributed by atoms with E-state index >= 15 is 0 Å². The second-order valence-electron chi connectivity index (χ2n) is 8.68. The lowest BCUT2D eigenvalue weighted by molar-refractivity contribution is 0.215. The van der Waals surface area contributed by atoms with Gasteiger partial charge in [-0.3, -0.25) is 19.9 Å². The van der Waals surface area contributed by atoms with Crippen LogP contribution in [0.15, 0.2) is 73.6 Å². The minimum absolute atomic E-state index is 0.374. The van der Waals surface area contributed by atoms with Gasteiger partial charge in [-0.2, -0.15) is 0 Å². The van der Waals surface area contributed by atoms with Gasteiger partial charge in [-0.05, 0) is 49.6 Å². The second kappa shape index (κ2) is 9.53. The summed E-state index contributed by atoms with van der Waals surface area (Å²) in [5.74, 6) is 2.43. The van der Waals surface area contributed by atoms with Crippen molar-refractivity contribution in [2.75, 3.05) is 16.0 Å². The van der Waals surface area contributed by atoms with Gasteiger partial charge >= 0.3 is 6.09 Å². The number of fused-ring (bicyclic) bond motifs is 1. The number of anilines is 4. The van der Waals surface area contributed by atoms with Gasteiger partial charge < -0.3 is 15.4 Å². The number of aromatic nitrogens is 6. The summed E-state index contributed by atoms with van der Waals surface area (Å²) >= 11 is 0. The van der Waals surface area contributed by atoms with E-state index in [1.165, 1.54) is 6.33 Å². The van der Waals surface area contributed by atoms with Crippen molar-refractivity contribution in [2.45, 2.75) is 25.8 Å². The standard InChI is InChI=1S/C26H23N9O2/c1-16-2-3-18(33-26(36)37-19-6-7-20-22(13-19)28-9-8-27-20)12-21(16)34-25-29-10-11-35(25)24-14-23(30-15-31-24)32-17-4-5-17/h2-3,6-15,17H,4-5H2,1H3,(H,29,34)(H,33,36)(H,30,31,32). The summed E-state index contributed by atoms with van der Waals surface area (Å²) in [5.41, 5.74) is 3.68. The molecule has 11 nitrogen and oxygen atoms in total. The number of imidazole rings is 1. The van der Waals surface area contributed by atoms with Crippen molar-refractivity contribution in [3.05, 3.63) is 79.1 Å². The van der Waals surface area contributed by atoms with Gasteiger partial charge in [0.2, 0.25) is 5.95 Å². The molecule has 37 heavy (non-hydrogen) atoms. The number of ether oxygens (including phenoxy) is 1. The predicted molar refractivity (Wildman–Crippen MR) is 139 cm³/mol. The molecular formula is C26H23N9O2. The summed E-state index contributed by atoms with van der Waals surface area (Å²) in [5, 5.41) is 9.49. The highest BCUT2D eigenvalue weighted by molar-refractivity contribution is 5.88. The number of carbonyl (C=O) groups is 1. The molecule has 1 saturated carbocycles. The molecule has 0 aliphatic heterocycles. The lowest BCUT2D eigenvalue weighted by Gasteiger charge is -2.14. The Hall–Kier alpha value is -5.06. The van der Waals surface area contributed by atoms with E-state index in [4.69, 9.17) is 4.74 Å². The van der Waals surface area contributed by atoms with Crippen LogP contribution in [-0.4, -0.2) is 41.6 Å². The second-order valence-corrected chi connectivity index (χ2v) is 8.68. The molecule has 184 valence electrons. The lowest BCUT2D eigenvalue weighted by Crippen LogP contribution is -2.17. The van der Waals surface area contributed by atoms with Crippen molar-refractivity contribution in [3.8, 4) is 11.6 Å². The summed E-state index contributed by atoms with van der Waals surface area (Å²) in [6.45, 7) is 1.97. The molecule has 0 radical (unpaired) electrons. The molecule has 1 fully saturated rings. The molecule has 1 amide bonds. The zero-order valence-electron chi connectivity index (χ0n) is 19.9. The van der Waals surface area contributed by atoms with Gasteiger partial charge in [-0.1, -0.05) is 6.07 Å². The first-order valence-electron chi connectivity index (χ1n) is 11.8. The molecular weight excluding hydrogens is 470 g/mol. The van der Waals surface area contributed by atoms with Crippen LogP contribution in [0.3, 0.4) is 0 Å². The largest absolute Gasteiger partial charge is 0.417 e. The maximum atomic E-state index is 12.6. The van der Waals surface area contributed by atoms with Crippen LogP contribution in [0.5, 0.6) is 5.75 Å². The zero-order chi connectivity index (χ0) is 25.2. The molecule has 0 bridgehead atoms. The normalized spacial score (nSPS) is 12.8. The summed E-state index contributed by atoms with van der Waals surface area (Å²) in [7, 11) is 0. The number of nitrogens with one attached hydrogen (secondary N) is 3. The third kappa shape index (κ3) is 5.15. The Labute approximate surface area is 212 Å². The molecule has 1 aliphatic carbocycles. The number of amides is 1. The van der Waals surface area contributed by atoms with E-state index in [0.717, 1.165) is 35.4 Å². The van der Waals surface area contributed by atoms with Gasteiger partial charge in [0.25, 0.3) is 0 Å². The molecule has 3 aromatic heterocycles. The number of nitrogens with zero attached hydrogens (tertiary/aromatic N) is 6. The molecule has 3 heterocycles. The molecule has 0 atom stereocenters. The third-order valence-corrected chi connectivity index (χ3v) is 5.85. The Morgan fingerprint density at radius 2 is 1.81 bits per heavy atom. The van der Waals surface area contributed by atoms with E-state index < -0.39 is 6.09 Å². The van der Waals surface area contributed by atoms with Crippen LogP contribution in [0.1, 0.15) is 18.4 Å². The van der Waals surface area contributed by atoms with Crippen LogP contribution in [0.4, 0.5) is 27.9 Å². The van der Waals surface area contributed by atoms with E-state index in [2.05, 4.69) is 40.9 Å². The van der Waals surface area contributed by atoms with E-state index in [1.807, 2.05) is 35.9 Å². The fraction of sp³-hybridized carbons (Fsp3) is 0.154. The zero-order valence-corrected chi connectivity index (χ0v) is 19.9. The predicted octanol–water partition coefficient (Wildman–Crippen LogP) is 4.84. The van der Waals surface area contributed by atoms with Crippen LogP contribution in [0, 0.1) is 6.92 Å². The van der Waals surface area contributed by atoms with Crippen molar-refractivity contribution in [1.82, 2.24) is 29.5 Å². The topological polar surface area (TPSA) is 132 Å². The first-order chi connectivity index (χ1) is 18.1. The van der Waals surface area contributed by atoms with Crippen LogP contribution in [0.25, 0.3) is 16.9 Å². The molecule has 0 unspecified atom stereocenters. The molecule has 11 heteroatoms. The maximum absolute atomic E-state index is 12.6. The van der Waals surface area contributed by atoms with Crippen LogP contribution >= 0.6 is 0 Å². The number of rotatable bonds is 7. The van der Waals surface area contributed by atoms with Crippen molar-refractivity contribution in [3.63, 3.8) is 0 Å². The SMILES string of the molecule is Cc1ccc(NC(=O)Oc2ccc3nccnc3c2)cc1Nc1nccn1-c1cc(NC2CC2)ncn1. The lowest BCUT2D eigenvalue weighted by atomic mass is 10.2. The van der Waals surface area contributed by atoms with Crippen molar-refractivity contribution >= 4 is 40.3 Å². The van der Waals surface area contributed by atoms with Crippen LogP contribution in [0.2, 0.25) is 0 Å². The van der Waals surface area contributed by atoms with E-state index in [9.17, 15) is 4.79 Å². The van der Waals surface area contributed by atoms with Crippen molar-refractivity contribution < 1.29 is 9.53 Å². The summed E-state index contributed by atoms with van der Waals surface area (Å²) < 4.78 is 7.29. The minimum Gasteiger partial charge on any atom is -0.410 e. The third-order valence-electron chi connectivity index (χ3n) is 5.85. The van der Waals surface area contributed by atoms with Crippen molar-refractivity contribution in [1.29, 1.82) is 0 Å². The Morgan fingerprint density at radius 3 is 2.68 bits per heavy atom. The summed E-state index contributed by atoms with van der Waals surface area (Å²) in [4.78, 5) is 34.2. The highest BCUT2D eigenvalue weighted by Crippen LogP contribution is 2.27. The first kappa shape index (κ1) is 22.4. The highest BCUT2D eigenvalue weighted by Gasteiger charge is 2.21. The first-order valence-corrected chi connectivity index (χ1v) is 11.8. The smallest absolute Gasteiger partial charge is 0.410 e. The van der Waals surface area contributed by atoms with Crippen molar-refractivity contribution in [2.24, 2.45) is 0 Å². The number of hydrogen-bond donors (Lipinski definition) is 3. The quantitative estimate of drug-likeness (QED) is 0.291. The maximum Gasteiger partial charge on any atom is 0.417 e. The number of aryl methyl sites for hydroxylation is 1. The molecule has 1 aliphatic rings. The average Bonchev–Trinajstić information content (AvgIpc) is 3.60. The summed E-state index contributed by atoms with van der Waals surface area (Å²) in [6.07, 6.45) is 9.96. The Kier molecular flexibility index (Phi) is 5.77. The fourth-order valence-electron chi connectivity index (χ4n) is 3.79. The Balaban J connectivity index is 1.17. The van der Waals surface area contributed by atoms with Gasteiger partial charge in [-0.15, -0.1) is 0 Å². The van der Waals surface area contributed by atoms with E-state index in [0.29, 0.717) is 34.8 Å². The Bertz CT molecular complexity index is 1600. The van der Waals surface area contributed by atoms with E-state index in [-0.39, 0.29) is 0 Å². The molecule has 5 aromatic rings. The highest BCUT2D eigenvalue weighted by atomic mass is 16.6. The minimum atomic E-state index is -0.615. The monoisotopic (exact) mass is 493 g/mol. The van der Waals surface area contributed by atoms with Gasteiger partial charge in [0, 0.05) is 54.3 Å². The van der Waals surface area contributed by atoms with Gasteiger partial charge in [0.1, 0.15) is 23.7 Å². The molecule has 3 N–H and O–H groups in total. The van der Waals surface area contributed by atoms with Crippen LogP contribution < -0.4 is 20.7 Å². The number of hydrogen-bond acceptors (Lipinski definition) is 9.